The van der Waals surface area contributed by atoms with Crippen molar-refractivity contribution < 1.29 is 71.2 Å². The van der Waals surface area contributed by atoms with Gasteiger partial charge < -0.3 is 19.8 Å². The molecule has 8 heavy (non-hydrogen) atoms. The summed E-state index contributed by atoms with van der Waals surface area (Å²) in [4.78, 5) is 17.9. The van der Waals surface area contributed by atoms with E-state index in [-0.39, 0.29) is 68.7 Å². The van der Waals surface area contributed by atoms with Gasteiger partial charge in [-0.1, -0.05) is 0 Å². The summed E-state index contributed by atoms with van der Waals surface area (Å²) in [6.07, 6.45) is 0. The van der Waals surface area contributed by atoms with Gasteiger partial charge in [0.25, 0.3) is 0 Å². The third-order valence-corrected chi connectivity index (χ3v) is 0.167. The molecule has 0 atom stereocenters. The molecule has 0 N–H and O–H groups in total. The first kappa shape index (κ1) is 16.0. The predicted octanol–water partition coefficient (Wildman–Crippen LogP) is -6.89. The minimum Gasteiger partial charge on any atom is -0.543 e. The van der Waals surface area contributed by atoms with Crippen LogP contribution in [0, 0.1) is 0 Å². The van der Waals surface area contributed by atoms with E-state index in [4.69, 9.17) is 19.8 Å². The second-order valence-corrected chi connectivity index (χ2v) is 0.575. The van der Waals surface area contributed by atoms with Crippen molar-refractivity contribution in [3.63, 3.8) is 0 Å². The second-order valence-electron chi connectivity index (χ2n) is 0.575. The number of rotatable bonds is 0. The van der Waals surface area contributed by atoms with Crippen LogP contribution in [0.3, 0.4) is 0 Å². The minimum absolute atomic E-state index is 0. The Balaban J connectivity index is -0.000000125. The van der Waals surface area contributed by atoms with Gasteiger partial charge in [0, 0.05) is 0 Å². The van der Waals surface area contributed by atoms with Crippen LogP contribution in [-0.4, -0.2) is 29.3 Å². The van der Waals surface area contributed by atoms with Crippen LogP contribution in [0.15, 0.2) is 0 Å². The number of hydrogen-bond donors (Lipinski definition) is 0. The topological polar surface area (TPSA) is 80.3 Å². The van der Waals surface area contributed by atoms with Crippen LogP contribution in [-0.2, 0) is 9.59 Å². The van der Waals surface area contributed by atoms with Gasteiger partial charge in [-0.05, 0) is 0 Å². The van der Waals surface area contributed by atoms with Gasteiger partial charge in [-0.25, -0.2) is 0 Å². The molecule has 0 aliphatic heterocycles. The first-order chi connectivity index (χ1) is 2.64. The zero-order valence-electron chi connectivity index (χ0n) is 4.21. The quantitative estimate of drug-likeness (QED) is 0.256. The molecule has 0 saturated carbocycles. The maximum absolute atomic E-state index is 8.93. The predicted molar refractivity (Wildman–Crippen MR) is 15.8 cm³/mol. The molecule has 4 nitrogen and oxygen atoms in total. The number of aliphatic carboxylic acids is 2. The summed E-state index contributed by atoms with van der Waals surface area (Å²) in [5.74, 6) is -4.37. The van der Waals surface area contributed by atoms with E-state index in [9.17, 15) is 0 Å². The molecule has 34 valence electrons. The summed E-state index contributed by atoms with van der Waals surface area (Å²) in [6.45, 7) is 0. The number of carbonyl (C=O) groups is 2. The van der Waals surface area contributed by atoms with Gasteiger partial charge in [0.1, 0.15) is 0 Å². The molecule has 0 fully saturated rings. The Morgan fingerprint density at radius 2 is 1.12 bits per heavy atom. The minimum atomic E-state index is -2.19. The molecule has 0 aromatic carbocycles. The van der Waals surface area contributed by atoms with E-state index in [1.807, 2.05) is 0 Å². The molecule has 6 heteroatoms. The van der Waals surface area contributed by atoms with Gasteiger partial charge in [0.2, 0.25) is 0 Å². The number of hydrogen-bond acceptors (Lipinski definition) is 4. The third-order valence-electron chi connectivity index (χ3n) is 0.167. The van der Waals surface area contributed by atoms with Crippen LogP contribution in [0.2, 0.25) is 0 Å². The Labute approximate surface area is 98.8 Å². The number of carbonyl (C=O) groups excluding carboxylic acids is 2. The SMILES string of the molecule is O=C([O-])C(=O)[O-].[Al+3].[K+]. The monoisotopic (exact) mass is 154 g/mol. The van der Waals surface area contributed by atoms with E-state index in [1.54, 1.807) is 0 Å². The fourth-order valence-corrected chi connectivity index (χ4v) is 0. The van der Waals surface area contributed by atoms with Gasteiger partial charge in [0.05, 0.1) is 11.9 Å². The van der Waals surface area contributed by atoms with Gasteiger partial charge in [-0.15, -0.1) is 0 Å². The second kappa shape index (κ2) is 8.11. The number of carboxylic acids is 2. The van der Waals surface area contributed by atoms with Crippen LogP contribution in [0.5, 0.6) is 0 Å². The average molecular weight is 154 g/mol. The van der Waals surface area contributed by atoms with Crippen molar-refractivity contribution in [2.24, 2.45) is 0 Å². The standard InChI is InChI=1S/C2H2O4.Al.K/c3-1(4)2(5)6;;/h(H,3,4)(H,5,6);;/q;+3;+1/p-2. The van der Waals surface area contributed by atoms with Crippen molar-refractivity contribution in [2.45, 2.75) is 0 Å². The van der Waals surface area contributed by atoms with E-state index in [1.165, 1.54) is 0 Å². The summed E-state index contributed by atoms with van der Waals surface area (Å²) in [6, 6.07) is 0. The van der Waals surface area contributed by atoms with Gasteiger partial charge in [0.15, 0.2) is 0 Å². The summed E-state index contributed by atoms with van der Waals surface area (Å²) < 4.78 is 0. The maximum Gasteiger partial charge on any atom is 3.00 e. The van der Waals surface area contributed by atoms with Crippen molar-refractivity contribution in [1.82, 2.24) is 0 Å². The van der Waals surface area contributed by atoms with Gasteiger partial charge in [-0.2, -0.15) is 0 Å². The average Bonchev–Trinajstić information content (AvgIpc) is 1.36. The molecular weight excluding hydrogens is 154 g/mol. The Morgan fingerprint density at radius 1 is 1.00 bits per heavy atom. The maximum atomic E-state index is 8.93. The van der Waals surface area contributed by atoms with E-state index >= 15 is 0 Å². The summed E-state index contributed by atoms with van der Waals surface area (Å²) in [5, 5.41) is 17.9. The van der Waals surface area contributed by atoms with Crippen LogP contribution in [0.25, 0.3) is 0 Å². The van der Waals surface area contributed by atoms with Crippen LogP contribution < -0.4 is 61.6 Å². The Morgan fingerprint density at radius 3 is 1.12 bits per heavy atom. The molecule has 0 radical (unpaired) electrons. The normalized spacial score (nSPS) is 5.50. The fourth-order valence-electron chi connectivity index (χ4n) is 0. The fraction of sp³-hybridized carbons (Fsp3) is 0. The van der Waals surface area contributed by atoms with E-state index < -0.39 is 11.9 Å². The molecule has 0 bridgehead atoms. The van der Waals surface area contributed by atoms with Crippen LogP contribution in [0.1, 0.15) is 0 Å². The molecule has 0 spiro atoms. The van der Waals surface area contributed by atoms with Crippen molar-refractivity contribution in [3.8, 4) is 0 Å². The van der Waals surface area contributed by atoms with Crippen molar-refractivity contribution in [3.05, 3.63) is 0 Å². The zero-order chi connectivity index (χ0) is 5.15. The molecule has 0 heterocycles. The molecule has 0 aromatic heterocycles. The molecule has 0 aromatic rings. The molecular formula is C2AlKO4+2. The summed E-state index contributed by atoms with van der Waals surface area (Å²) >= 11 is 0. The van der Waals surface area contributed by atoms with Crippen molar-refractivity contribution in [1.29, 1.82) is 0 Å². The molecule has 0 unspecified atom stereocenters. The third kappa shape index (κ3) is 10.2. The first-order valence-electron chi connectivity index (χ1n) is 1.07. The molecule has 0 amide bonds. The van der Waals surface area contributed by atoms with Crippen LogP contribution >= 0.6 is 0 Å². The Bertz CT molecular complexity index is 80.0. The molecule has 0 aliphatic rings. The Hall–Kier alpha value is 1.11. The molecule has 0 aliphatic carbocycles. The zero-order valence-corrected chi connectivity index (χ0v) is 8.49. The summed E-state index contributed by atoms with van der Waals surface area (Å²) in [7, 11) is 0. The molecule has 0 saturated heterocycles. The largest absolute Gasteiger partial charge is 3.00 e. The van der Waals surface area contributed by atoms with Gasteiger partial charge >= 0.3 is 68.7 Å². The van der Waals surface area contributed by atoms with E-state index in [0.29, 0.717) is 0 Å². The smallest absolute Gasteiger partial charge is 0.543 e. The van der Waals surface area contributed by atoms with Gasteiger partial charge in [-0.3, -0.25) is 0 Å². The molecule has 0 rings (SSSR count). The van der Waals surface area contributed by atoms with Crippen LogP contribution in [0.4, 0.5) is 0 Å². The van der Waals surface area contributed by atoms with E-state index in [0.717, 1.165) is 0 Å². The first-order valence-corrected chi connectivity index (χ1v) is 1.07. The Kier molecular flexibility index (Phi) is 16.3. The van der Waals surface area contributed by atoms with E-state index in [2.05, 4.69) is 0 Å². The summed E-state index contributed by atoms with van der Waals surface area (Å²) in [5.41, 5.74) is 0. The number of carboxylic acid groups (broad SMARTS) is 2. The van der Waals surface area contributed by atoms with Crippen molar-refractivity contribution >= 4 is 29.3 Å². The van der Waals surface area contributed by atoms with Crippen molar-refractivity contribution in [2.75, 3.05) is 0 Å².